The van der Waals surface area contributed by atoms with Crippen LogP contribution in [0.25, 0.3) is 0 Å². The predicted molar refractivity (Wildman–Crippen MR) is 87.6 cm³/mol. The second-order valence-electron chi connectivity index (χ2n) is 4.20. The molecular weight excluding hydrogens is 284 g/mol. The van der Waals surface area contributed by atoms with Gasteiger partial charge in [0.2, 0.25) is 5.17 Å². The number of hydrogen-bond donors (Lipinski definition) is 2. The van der Waals surface area contributed by atoms with Crippen LogP contribution in [0, 0.1) is 0 Å². The zero-order valence-corrected chi connectivity index (χ0v) is 12.1. The molecule has 0 aromatic heterocycles. The number of hydrogen-bond acceptors (Lipinski definition) is 5. The maximum Gasteiger partial charge on any atom is 0.202 e. The van der Waals surface area contributed by atoms with Gasteiger partial charge in [-0.3, -0.25) is 5.01 Å². The maximum atomic E-state index is 11.3. The highest BCUT2D eigenvalue weighted by Gasteiger charge is 2.18. The van der Waals surface area contributed by atoms with E-state index in [4.69, 9.17) is 11.7 Å². The number of amidine groups is 1. The molecule has 0 aliphatic carbocycles. The number of rotatable bonds is 4. The Morgan fingerprint density at radius 2 is 1.67 bits per heavy atom. The zero-order chi connectivity index (χ0) is 15.1. The van der Waals surface area contributed by atoms with Gasteiger partial charge in [-0.25, -0.2) is 5.84 Å². The van der Waals surface area contributed by atoms with Gasteiger partial charge in [-0.1, -0.05) is 60.3 Å². The Hall–Kier alpha value is -2.31. The number of nitrogens with zero attached hydrogens (tertiary/aromatic N) is 2. The molecule has 0 aliphatic rings. The van der Waals surface area contributed by atoms with Crippen LogP contribution >= 0.6 is 11.8 Å². The van der Waals surface area contributed by atoms with Gasteiger partial charge in [0.15, 0.2) is 0 Å². The first kappa shape index (κ1) is 15.1. The van der Waals surface area contributed by atoms with Crippen LogP contribution in [0.5, 0.6) is 0 Å². The quantitative estimate of drug-likeness (QED) is 0.297. The van der Waals surface area contributed by atoms with Crippen LogP contribution in [0.15, 0.2) is 65.8 Å². The largest absolute Gasteiger partial charge is 0.321 e. The fourth-order valence-corrected chi connectivity index (χ4v) is 2.63. The Bertz CT molecular complexity index is 604. The summed E-state index contributed by atoms with van der Waals surface area (Å²) in [7, 11) is 0. The number of para-hydroxylation sites is 1. The molecule has 5 nitrogen and oxygen atoms in total. The van der Waals surface area contributed by atoms with Gasteiger partial charge in [0.1, 0.15) is 6.29 Å². The van der Waals surface area contributed by atoms with Crippen molar-refractivity contribution in [1.29, 1.82) is 0 Å². The highest BCUT2D eigenvalue weighted by Crippen LogP contribution is 2.29. The summed E-state index contributed by atoms with van der Waals surface area (Å²) in [5.74, 6) is 11.4. The SMILES string of the molecule is N/N=C(/SC(C=O)c1ccccc1)N(N)c1ccccc1. The molecule has 0 radical (unpaired) electrons. The molecule has 0 bridgehead atoms. The molecule has 0 heterocycles. The fourth-order valence-electron chi connectivity index (χ4n) is 1.78. The van der Waals surface area contributed by atoms with Crippen LogP contribution in [0.2, 0.25) is 0 Å². The van der Waals surface area contributed by atoms with Crippen LogP contribution in [-0.2, 0) is 4.79 Å². The number of aldehydes is 1. The molecule has 2 rings (SSSR count). The number of hydrazine groups is 1. The van der Waals surface area contributed by atoms with Gasteiger partial charge in [-0.2, -0.15) is 5.10 Å². The summed E-state index contributed by atoms with van der Waals surface area (Å²) in [6.07, 6.45) is 0.851. The summed E-state index contributed by atoms with van der Waals surface area (Å²) in [6, 6.07) is 18.7. The van der Waals surface area contributed by atoms with E-state index < -0.39 is 5.25 Å². The number of nitrogens with two attached hydrogens (primary N) is 2. The van der Waals surface area contributed by atoms with Crippen LogP contribution in [0.1, 0.15) is 10.8 Å². The predicted octanol–water partition coefficient (Wildman–Crippen LogP) is 2.27. The summed E-state index contributed by atoms with van der Waals surface area (Å²) in [5.41, 5.74) is 1.62. The number of carbonyl (C=O) groups excluding carboxylic acids is 1. The van der Waals surface area contributed by atoms with Crippen molar-refractivity contribution in [2.75, 3.05) is 5.01 Å². The van der Waals surface area contributed by atoms with E-state index in [1.54, 1.807) is 0 Å². The zero-order valence-electron chi connectivity index (χ0n) is 11.3. The molecular formula is C15H16N4OS. The average Bonchev–Trinajstić information content (AvgIpc) is 2.57. The van der Waals surface area contributed by atoms with Crippen molar-refractivity contribution >= 4 is 28.9 Å². The van der Waals surface area contributed by atoms with Gasteiger partial charge in [0, 0.05) is 0 Å². The summed E-state index contributed by atoms with van der Waals surface area (Å²) in [4.78, 5) is 11.3. The summed E-state index contributed by atoms with van der Waals surface area (Å²) in [5, 5.41) is 5.01. The summed E-state index contributed by atoms with van der Waals surface area (Å²) in [6.45, 7) is 0. The highest BCUT2D eigenvalue weighted by molar-refractivity contribution is 8.14. The van der Waals surface area contributed by atoms with Gasteiger partial charge in [-0.15, -0.1) is 0 Å². The second-order valence-corrected chi connectivity index (χ2v) is 5.31. The summed E-state index contributed by atoms with van der Waals surface area (Å²) >= 11 is 1.20. The molecule has 4 N–H and O–H groups in total. The molecule has 6 heteroatoms. The van der Waals surface area contributed by atoms with E-state index in [1.165, 1.54) is 16.8 Å². The minimum atomic E-state index is -0.414. The first-order valence-electron chi connectivity index (χ1n) is 6.31. The van der Waals surface area contributed by atoms with Gasteiger partial charge in [0.05, 0.1) is 10.9 Å². The number of thioether (sulfide) groups is 1. The normalized spacial score (nSPS) is 12.7. The second kappa shape index (κ2) is 7.47. The molecule has 0 aliphatic heterocycles. The topological polar surface area (TPSA) is 84.7 Å². The minimum absolute atomic E-state index is 0.363. The third-order valence-electron chi connectivity index (χ3n) is 2.83. The molecule has 0 amide bonds. The van der Waals surface area contributed by atoms with Crippen molar-refractivity contribution in [2.24, 2.45) is 16.8 Å². The number of hydrazone groups is 1. The molecule has 108 valence electrons. The van der Waals surface area contributed by atoms with Crippen molar-refractivity contribution < 1.29 is 4.79 Å². The highest BCUT2D eigenvalue weighted by atomic mass is 32.2. The molecule has 0 fully saturated rings. The van der Waals surface area contributed by atoms with Crippen LogP contribution in [-0.4, -0.2) is 11.5 Å². The van der Waals surface area contributed by atoms with Crippen molar-refractivity contribution in [3.05, 3.63) is 66.2 Å². The van der Waals surface area contributed by atoms with Gasteiger partial charge in [-0.05, 0) is 17.7 Å². The van der Waals surface area contributed by atoms with E-state index in [2.05, 4.69) is 5.10 Å². The van der Waals surface area contributed by atoms with Gasteiger partial charge in [0.25, 0.3) is 0 Å². The lowest BCUT2D eigenvalue weighted by Gasteiger charge is -2.21. The monoisotopic (exact) mass is 300 g/mol. The lowest BCUT2D eigenvalue weighted by Crippen LogP contribution is -2.36. The van der Waals surface area contributed by atoms with Gasteiger partial charge < -0.3 is 10.6 Å². The third kappa shape index (κ3) is 3.84. The Labute approximate surface area is 127 Å². The van der Waals surface area contributed by atoms with E-state index in [9.17, 15) is 4.79 Å². The third-order valence-corrected chi connectivity index (χ3v) is 3.99. The molecule has 0 saturated carbocycles. The lowest BCUT2D eigenvalue weighted by atomic mass is 10.2. The summed E-state index contributed by atoms with van der Waals surface area (Å²) < 4.78 is 0. The van der Waals surface area contributed by atoms with E-state index >= 15 is 0 Å². The molecule has 1 unspecified atom stereocenters. The van der Waals surface area contributed by atoms with Crippen molar-refractivity contribution in [1.82, 2.24) is 0 Å². The van der Waals surface area contributed by atoms with Crippen molar-refractivity contribution in [3.63, 3.8) is 0 Å². The molecule has 0 spiro atoms. The van der Waals surface area contributed by atoms with E-state index in [1.807, 2.05) is 60.7 Å². The van der Waals surface area contributed by atoms with Gasteiger partial charge >= 0.3 is 0 Å². The number of benzene rings is 2. The lowest BCUT2D eigenvalue weighted by molar-refractivity contribution is -0.107. The van der Waals surface area contributed by atoms with Crippen LogP contribution in [0.4, 0.5) is 5.69 Å². The van der Waals surface area contributed by atoms with Crippen LogP contribution < -0.4 is 16.7 Å². The molecule has 2 aromatic carbocycles. The Balaban J connectivity index is 2.17. The fraction of sp³-hybridized carbons (Fsp3) is 0.0667. The van der Waals surface area contributed by atoms with E-state index in [0.29, 0.717) is 5.17 Å². The first-order chi connectivity index (χ1) is 10.3. The van der Waals surface area contributed by atoms with E-state index in [0.717, 1.165) is 17.5 Å². The minimum Gasteiger partial charge on any atom is -0.321 e. The molecule has 2 aromatic rings. The first-order valence-corrected chi connectivity index (χ1v) is 7.19. The standard InChI is InChI=1S/C15H16N4OS/c16-18-15(19(17)13-9-5-2-6-10-13)21-14(11-20)12-7-3-1-4-8-12/h1-11,14H,16-17H2/b18-15+. The number of carbonyl (C=O) groups is 1. The molecule has 1 atom stereocenters. The maximum absolute atomic E-state index is 11.3. The van der Waals surface area contributed by atoms with Crippen LogP contribution in [0.3, 0.4) is 0 Å². The molecule has 21 heavy (non-hydrogen) atoms. The smallest absolute Gasteiger partial charge is 0.202 e. The van der Waals surface area contributed by atoms with Crippen molar-refractivity contribution in [3.8, 4) is 0 Å². The average molecular weight is 300 g/mol. The Kier molecular flexibility index (Phi) is 5.36. The Morgan fingerprint density at radius 3 is 2.19 bits per heavy atom. The van der Waals surface area contributed by atoms with E-state index in [-0.39, 0.29) is 0 Å². The Morgan fingerprint density at radius 1 is 1.10 bits per heavy atom. The van der Waals surface area contributed by atoms with Crippen molar-refractivity contribution in [2.45, 2.75) is 5.25 Å². The number of anilines is 1. The molecule has 0 saturated heterocycles.